The van der Waals surface area contributed by atoms with Gasteiger partial charge in [0.05, 0.1) is 20.6 Å². The van der Waals surface area contributed by atoms with E-state index in [4.69, 9.17) is 9.47 Å². The molecule has 25 heavy (non-hydrogen) atoms. The van der Waals surface area contributed by atoms with Crippen molar-refractivity contribution in [3.8, 4) is 11.5 Å². The number of pyridine rings is 1. The van der Waals surface area contributed by atoms with Crippen molar-refractivity contribution < 1.29 is 14.3 Å². The van der Waals surface area contributed by atoms with Crippen LogP contribution in [0.1, 0.15) is 22.4 Å². The molecule has 0 saturated carbocycles. The first-order valence-corrected chi connectivity index (χ1v) is 8.54. The average Bonchev–Trinajstić information content (AvgIpc) is 2.84. The maximum Gasteiger partial charge on any atom is 0.227 e. The molecule has 3 rings (SSSR count). The van der Waals surface area contributed by atoms with E-state index in [1.807, 2.05) is 36.1 Å². The number of hydrogen-bond acceptors (Lipinski definition) is 4. The molecule has 0 unspecified atom stereocenters. The number of aromatic nitrogens is 1. The van der Waals surface area contributed by atoms with Gasteiger partial charge in [-0.15, -0.1) is 0 Å². The summed E-state index contributed by atoms with van der Waals surface area (Å²) in [7, 11) is 3.29. The van der Waals surface area contributed by atoms with E-state index in [-0.39, 0.29) is 5.91 Å². The second-order valence-electron chi connectivity index (χ2n) is 6.34. The van der Waals surface area contributed by atoms with E-state index in [1.54, 1.807) is 20.4 Å². The van der Waals surface area contributed by atoms with Crippen molar-refractivity contribution in [1.29, 1.82) is 0 Å². The van der Waals surface area contributed by atoms with Gasteiger partial charge in [0.1, 0.15) is 0 Å². The molecule has 5 nitrogen and oxygen atoms in total. The first-order valence-electron chi connectivity index (χ1n) is 8.54. The summed E-state index contributed by atoms with van der Waals surface area (Å²) in [5.41, 5.74) is 4.37. The predicted molar refractivity (Wildman–Crippen MR) is 96.2 cm³/mol. The van der Waals surface area contributed by atoms with Crippen molar-refractivity contribution in [1.82, 2.24) is 9.88 Å². The molecule has 1 aromatic heterocycles. The molecule has 5 heteroatoms. The lowest BCUT2D eigenvalue weighted by Gasteiger charge is -2.20. The zero-order chi connectivity index (χ0) is 17.8. The largest absolute Gasteiger partial charge is 0.493 e. The van der Waals surface area contributed by atoms with Crippen LogP contribution in [0.3, 0.4) is 0 Å². The lowest BCUT2D eigenvalue weighted by atomic mass is 10.0. The lowest BCUT2D eigenvalue weighted by Crippen LogP contribution is -2.34. The molecule has 0 atom stereocenters. The smallest absolute Gasteiger partial charge is 0.227 e. The van der Waals surface area contributed by atoms with Crippen LogP contribution in [0.25, 0.3) is 0 Å². The highest BCUT2D eigenvalue weighted by Crippen LogP contribution is 2.32. The number of carbonyl (C=O) groups excluding carboxylic acids is 1. The molecule has 0 saturated heterocycles. The summed E-state index contributed by atoms with van der Waals surface area (Å²) in [6.45, 7) is 3.39. The van der Waals surface area contributed by atoms with E-state index in [2.05, 4.69) is 4.98 Å². The highest BCUT2D eigenvalue weighted by Gasteiger charge is 2.20. The van der Waals surface area contributed by atoms with Crippen LogP contribution in [-0.4, -0.2) is 43.1 Å². The quantitative estimate of drug-likeness (QED) is 0.858. The summed E-state index contributed by atoms with van der Waals surface area (Å²) < 4.78 is 10.8. The molecule has 1 aromatic carbocycles. The Morgan fingerprint density at radius 2 is 1.68 bits per heavy atom. The number of fused-ring (bicyclic) bond motifs is 1. The molecule has 1 aliphatic heterocycles. The fourth-order valence-corrected chi connectivity index (χ4v) is 3.19. The number of amides is 1. The van der Waals surface area contributed by atoms with Gasteiger partial charge in [-0.2, -0.15) is 0 Å². The van der Waals surface area contributed by atoms with Crippen molar-refractivity contribution >= 4 is 5.91 Å². The molecule has 0 N–H and O–H groups in total. The normalized spacial score (nSPS) is 13.8. The Bertz CT molecular complexity index is 721. The zero-order valence-electron chi connectivity index (χ0n) is 15.0. The minimum Gasteiger partial charge on any atom is -0.493 e. The van der Waals surface area contributed by atoms with Gasteiger partial charge in [0, 0.05) is 25.0 Å². The summed E-state index contributed by atoms with van der Waals surface area (Å²) in [6.07, 6.45) is 3.84. The van der Waals surface area contributed by atoms with Gasteiger partial charge in [-0.05, 0) is 54.7 Å². The third-order valence-electron chi connectivity index (χ3n) is 4.69. The number of nitrogens with zero attached hydrogens (tertiary/aromatic N) is 2. The molecular formula is C20H24N2O3. The summed E-state index contributed by atoms with van der Waals surface area (Å²) in [6, 6.07) is 7.99. The van der Waals surface area contributed by atoms with Crippen molar-refractivity contribution in [2.45, 2.75) is 26.2 Å². The minimum absolute atomic E-state index is 0.150. The number of carbonyl (C=O) groups is 1. The topological polar surface area (TPSA) is 51.7 Å². The van der Waals surface area contributed by atoms with E-state index < -0.39 is 0 Å². The van der Waals surface area contributed by atoms with Gasteiger partial charge in [-0.1, -0.05) is 6.07 Å². The Labute approximate surface area is 148 Å². The Balaban J connectivity index is 1.70. The molecule has 2 aromatic rings. The highest BCUT2D eigenvalue weighted by molar-refractivity contribution is 5.78. The average molecular weight is 340 g/mol. The maximum absolute atomic E-state index is 12.7. The van der Waals surface area contributed by atoms with Crippen molar-refractivity contribution in [3.05, 3.63) is 52.8 Å². The van der Waals surface area contributed by atoms with Gasteiger partial charge in [0.2, 0.25) is 5.91 Å². The van der Waals surface area contributed by atoms with Gasteiger partial charge in [0.15, 0.2) is 11.5 Å². The summed E-state index contributed by atoms with van der Waals surface area (Å²) in [4.78, 5) is 18.9. The monoisotopic (exact) mass is 340 g/mol. The molecule has 0 bridgehead atoms. The number of ether oxygens (including phenoxy) is 2. The fourth-order valence-electron chi connectivity index (χ4n) is 3.19. The molecule has 0 spiro atoms. The van der Waals surface area contributed by atoms with Gasteiger partial charge in [0.25, 0.3) is 0 Å². The number of methoxy groups -OCH3 is 2. The molecule has 132 valence electrons. The van der Waals surface area contributed by atoms with Gasteiger partial charge < -0.3 is 14.4 Å². The first kappa shape index (κ1) is 17.3. The Hall–Kier alpha value is -2.56. The maximum atomic E-state index is 12.7. The van der Waals surface area contributed by atoms with Crippen LogP contribution in [0, 0.1) is 6.92 Å². The fraction of sp³-hybridized carbons (Fsp3) is 0.400. The lowest BCUT2D eigenvalue weighted by molar-refractivity contribution is -0.130. The van der Waals surface area contributed by atoms with Crippen molar-refractivity contribution in [2.24, 2.45) is 0 Å². The van der Waals surface area contributed by atoms with Crippen LogP contribution in [0.5, 0.6) is 11.5 Å². The van der Waals surface area contributed by atoms with E-state index in [1.165, 1.54) is 11.1 Å². The number of hydrogen-bond donors (Lipinski definition) is 0. The Kier molecular flexibility index (Phi) is 5.22. The predicted octanol–water partition coefficient (Wildman–Crippen LogP) is 2.58. The molecule has 0 aliphatic carbocycles. The van der Waals surface area contributed by atoms with Crippen molar-refractivity contribution in [2.75, 3.05) is 27.3 Å². The first-order chi connectivity index (χ1) is 12.1. The molecule has 1 amide bonds. The summed E-state index contributed by atoms with van der Waals surface area (Å²) in [5, 5.41) is 0. The third-order valence-corrected chi connectivity index (χ3v) is 4.69. The molecule has 0 radical (unpaired) electrons. The van der Waals surface area contributed by atoms with E-state index in [0.717, 1.165) is 48.7 Å². The highest BCUT2D eigenvalue weighted by atomic mass is 16.5. The molecule has 1 aliphatic rings. The van der Waals surface area contributed by atoms with E-state index in [0.29, 0.717) is 6.42 Å². The van der Waals surface area contributed by atoms with Gasteiger partial charge in [-0.25, -0.2) is 0 Å². The number of rotatable bonds is 4. The second-order valence-corrected chi connectivity index (χ2v) is 6.34. The van der Waals surface area contributed by atoms with Crippen LogP contribution in [-0.2, 0) is 24.1 Å². The van der Waals surface area contributed by atoms with Crippen LogP contribution >= 0.6 is 0 Å². The van der Waals surface area contributed by atoms with E-state index >= 15 is 0 Å². The minimum atomic E-state index is 0.150. The van der Waals surface area contributed by atoms with Crippen LogP contribution < -0.4 is 9.47 Å². The van der Waals surface area contributed by atoms with Crippen LogP contribution in [0.2, 0.25) is 0 Å². The van der Waals surface area contributed by atoms with Gasteiger partial charge >= 0.3 is 0 Å². The Morgan fingerprint density at radius 3 is 2.16 bits per heavy atom. The molecule has 0 fully saturated rings. The van der Waals surface area contributed by atoms with Crippen LogP contribution in [0.15, 0.2) is 30.5 Å². The molecular weight excluding hydrogens is 316 g/mol. The number of aryl methyl sites for hydroxylation is 1. The van der Waals surface area contributed by atoms with E-state index in [9.17, 15) is 4.79 Å². The summed E-state index contributed by atoms with van der Waals surface area (Å²) >= 11 is 0. The van der Waals surface area contributed by atoms with Crippen molar-refractivity contribution in [3.63, 3.8) is 0 Å². The third kappa shape index (κ3) is 3.92. The second kappa shape index (κ2) is 7.55. The number of benzene rings is 1. The van der Waals surface area contributed by atoms with Crippen LogP contribution in [0.4, 0.5) is 0 Å². The summed E-state index contributed by atoms with van der Waals surface area (Å²) in [5.74, 6) is 1.64. The zero-order valence-corrected chi connectivity index (χ0v) is 15.0. The molecule has 2 heterocycles. The standard InChI is InChI=1S/C20H24N2O3/c1-14-4-5-15(13-21-14)10-20(23)22-8-6-16-11-18(24-2)19(25-3)12-17(16)7-9-22/h4-5,11-13H,6-10H2,1-3H3. The van der Waals surface area contributed by atoms with Gasteiger partial charge in [-0.3, -0.25) is 9.78 Å². The Morgan fingerprint density at radius 1 is 1.08 bits per heavy atom. The SMILES string of the molecule is COc1cc2c(cc1OC)CCN(C(=O)Cc1ccc(C)nc1)CC2.